The van der Waals surface area contributed by atoms with Crippen molar-refractivity contribution in [3.8, 4) is 0 Å². The van der Waals surface area contributed by atoms with Crippen LogP contribution in [0.15, 0.2) is 4.99 Å². The molecule has 1 saturated carbocycles. The van der Waals surface area contributed by atoms with Gasteiger partial charge < -0.3 is 20.1 Å². The van der Waals surface area contributed by atoms with Crippen molar-refractivity contribution in [2.45, 2.75) is 57.8 Å². The zero-order chi connectivity index (χ0) is 16.9. The SMILES string of the molecule is CN=C(NCCCOCC1CCOCC1)NCCCC1CCCC1. The van der Waals surface area contributed by atoms with E-state index in [2.05, 4.69) is 15.6 Å². The molecule has 24 heavy (non-hydrogen) atoms. The fraction of sp³-hybridized carbons (Fsp3) is 0.947. The maximum atomic E-state index is 5.79. The van der Waals surface area contributed by atoms with Gasteiger partial charge in [0.15, 0.2) is 5.96 Å². The predicted octanol–water partition coefficient (Wildman–Crippen LogP) is 2.96. The molecule has 5 nitrogen and oxygen atoms in total. The molecule has 0 spiro atoms. The third-order valence-electron chi connectivity index (χ3n) is 5.23. The molecule has 2 rings (SSSR count). The van der Waals surface area contributed by atoms with Crippen LogP contribution in [0.25, 0.3) is 0 Å². The highest BCUT2D eigenvalue weighted by Gasteiger charge is 2.14. The first-order chi connectivity index (χ1) is 11.9. The van der Waals surface area contributed by atoms with E-state index in [-0.39, 0.29) is 0 Å². The van der Waals surface area contributed by atoms with Crippen LogP contribution in [0.4, 0.5) is 0 Å². The summed E-state index contributed by atoms with van der Waals surface area (Å²) in [6, 6.07) is 0. The molecule has 5 heteroatoms. The van der Waals surface area contributed by atoms with Gasteiger partial charge in [0.05, 0.1) is 0 Å². The van der Waals surface area contributed by atoms with Gasteiger partial charge in [0.2, 0.25) is 0 Å². The normalized spacial score (nSPS) is 20.5. The average Bonchev–Trinajstić information content (AvgIpc) is 3.14. The van der Waals surface area contributed by atoms with Crippen molar-refractivity contribution in [1.29, 1.82) is 0 Å². The van der Waals surface area contributed by atoms with E-state index in [4.69, 9.17) is 9.47 Å². The number of nitrogens with one attached hydrogen (secondary N) is 2. The molecule has 1 saturated heterocycles. The molecule has 0 aromatic rings. The molecule has 0 amide bonds. The van der Waals surface area contributed by atoms with Crippen LogP contribution in [-0.2, 0) is 9.47 Å². The maximum absolute atomic E-state index is 5.79. The highest BCUT2D eigenvalue weighted by Crippen LogP contribution is 2.28. The first kappa shape index (κ1) is 19.5. The van der Waals surface area contributed by atoms with Crippen molar-refractivity contribution in [3.63, 3.8) is 0 Å². The summed E-state index contributed by atoms with van der Waals surface area (Å²) < 4.78 is 11.2. The minimum absolute atomic E-state index is 0.695. The number of rotatable bonds is 10. The van der Waals surface area contributed by atoms with Crippen LogP contribution >= 0.6 is 0 Å². The summed E-state index contributed by atoms with van der Waals surface area (Å²) in [5.74, 6) is 2.60. The van der Waals surface area contributed by atoms with Gasteiger partial charge in [-0.05, 0) is 43.9 Å². The van der Waals surface area contributed by atoms with Crippen LogP contribution in [0.3, 0.4) is 0 Å². The van der Waals surface area contributed by atoms with E-state index in [0.717, 1.165) is 70.7 Å². The summed E-state index contributed by atoms with van der Waals surface area (Å²) in [6.07, 6.45) is 11.7. The van der Waals surface area contributed by atoms with Gasteiger partial charge in [-0.2, -0.15) is 0 Å². The lowest BCUT2D eigenvalue weighted by atomic mass is 10.0. The second-order valence-corrected chi connectivity index (χ2v) is 7.20. The van der Waals surface area contributed by atoms with Gasteiger partial charge in [0.1, 0.15) is 0 Å². The van der Waals surface area contributed by atoms with Gasteiger partial charge in [0, 0.05) is 46.6 Å². The molecule has 1 heterocycles. The molecule has 1 aliphatic heterocycles. The summed E-state index contributed by atoms with van der Waals surface area (Å²) in [6.45, 7) is 5.45. The van der Waals surface area contributed by atoms with Crippen LogP contribution in [0.1, 0.15) is 57.8 Å². The van der Waals surface area contributed by atoms with Gasteiger partial charge >= 0.3 is 0 Å². The van der Waals surface area contributed by atoms with E-state index in [1.165, 1.54) is 38.5 Å². The Bertz CT molecular complexity index is 338. The van der Waals surface area contributed by atoms with Crippen molar-refractivity contribution in [2.75, 3.05) is 46.6 Å². The van der Waals surface area contributed by atoms with Crippen molar-refractivity contribution < 1.29 is 9.47 Å². The third-order valence-corrected chi connectivity index (χ3v) is 5.23. The number of ether oxygens (including phenoxy) is 2. The molecule has 2 N–H and O–H groups in total. The Labute approximate surface area is 148 Å². The van der Waals surface area contributed by atoms with E-state index in [9.17, 15) is 0 Å². The second kappa shape index (κ2) is 12.5. The van der Waals surface area contributed by atoms with Gasteiger partial charge in [-0.15, -0.1) is 0 Å². The monoisotopic (exact) mass is 339 g/mol. The van der Waals surface area contributed by atoms with E-state index in [0.29, 0.717) is 5.92 Å². The number of nitrogens with zero attached hydrogens (tertiary/aromatic N) is 1. The molecule has 0 aromatic carbocycles. The van der Waals surface area contributed by atoms with E-state index < -0.39 is 0 Å². The highest BCUT2D eigenvalue weighted by atomic mass is 16.5. The quantitative estimate of drug-likeness (QED) is 0.365. The van der Waals surface area contributed by atoms with Crippen molar-refractivity contribution >= 4 is 5.96 Å². The lowest BCUT2D eigenvalue weighted by molar-refractivity contribution is 0.0203. The minimum Gasteiger partial charge on any atom is -0.381 e. The summed E-state index contributed by atoms with van der Waals surface area (Å²) in [7, 11) is 1.84. The number of hydrogen-bond donors (Lipinski definition) is 2. The second-order valence-electron chi connectivity index (χ2n) is 7.20. The standard InChI is InChI=1S/C19H37N3O2/c1-20-19(21-11-4-8-17-6-2-3-7-17)22-12-5-13-24-16-18-9-14-23-15-10-18/h17-18H,2-16H2,1H3,(H2,20,21,22). The minimum atomic E-state index is 0.695. The fourth-order valence-electron chi connectivity index (χ4n) is 3.66. The van der Waals surface area contributed by atoms with Gasteiger partial charge in [-0.3, -0.25) is 4.99 Å². The van der Waals surface area contributed by atoms with Crippen molar-refractivity contribution in [3.05, 3.63) is 0 Å². The molecule has 2 fully saturated rings. The van der Waals surface area contributed by atoms with E-state index >= 15 is 0 Å². The zero-order valence-corrected chi connectivity index (χ0v) is 15.5. The zero-order valence-electron chi connectivity index (χ0n) is 15.5. The topological polar surface area (TPSA) is 54.9 Å². The van der Waals surface area contributed by atoms with Crippen LogP contribution in [0.5, 0.6) is 0 Å². The van der Waals surface area contributed by atoms with E-state index in [1.54, 1.807) is 0 Å². The molecular formula is C19H37N3O2. The van der Waals surface area contributed by atoms with Crippen molar-refractivity contribution in [1.82, 2.24) is 10.6 Å². The largest absolute Gasteiger partial charge is 0.381 e. The van der Waals surface area contributed by atoms with Crippen LogP contribution in [0.2, 0.25) is 0 Å². The smallest absolute Gasteiger partial charge is 0.190 e. The van der Waals surface area contributed by atoms with Crippen LogP contribution in [0, 0.1) is 11.8 Å². The van der Waals surface area contributed by atoms with Gasteiger partial charge in [-0.1, -0.05) is 25.7 Å². The maximum Gasteiger partial charge on any atom is 0.190 e. The highest BCUT2D eigenvalue weighted by molar-refractivity contribution is 5.79. The molecule has 0 bridgehead atoms. The molecule has 0 unspecified atom stereocenters. The summed E-state index contributed by atoms with van der Waals surface area (Å²) >= 11 is 0. The van der Waals surface area contributed by atoms with Gasteiger partial charge in [0.25, 0.3) is 0 Å². The molecule has 0 aromatic heterocycles. The Balaban J connectivity index is 1.40. The summed E-state index contributed by atoms with van der Waals surface area (Å²) in [5.41, 5.74) is 0. The molecular weight excluding hydrogens is 302 g/mol. The number of guanidine groups is 1. The fourth-order valence-corrected chi connectivity index (χ4v) is 3.66. The third kappa shape index (κ3) is 8.34. The Morgan fingerprint density at radius 2 is 1.71 bits per heavy atom. The van der Waals surface area contributed by atoms with Crippen LogP contribution in [-0.4, -0.2) is 52.5 Å². The molecule has 140 valence electrons. The first-order valence-electron chi connectivity index (χ1n) is 9.98. The number of hydrogen-bond acceptors (Lipinski definition) is 3. The number of aliphatic imine (C=N–C) groups is 1. The Morgan fingerprint density at radius 3 is 2.42 bits per heavy atom. The van der Waals surface area contributed by atoms with E-state index in [1.807, 2.05) is 7.05 Å². The Hall–Kier alpha value is -0.810. The molecule has 1 aliphatic carbocycles. The summed E-state index contributed by atoms with van der Waals surface area (Å²) in [4.78, 5) is 4.29. The molecule has 2 aliphatic rings. The Kier molecular flexibility index (Phi) is 10.2. The lowest BCUT2D eigenvalue weighted by Crippen LogP contribution is -2.38. The Morgan fingerprint density at radius 1 is 1.00 bits per heavy atom. The molecule has 0 atom stereocenters. The predicted molar refractivity (Wildman–Crippen MR) is 99.5 cm³/mol. The first-order valence-corrected chi connectivity index (χ1v) is 9.98. The average molecular weight is 340 g/mol. The van der Waals surface area contributed by atoms with Crippen molar-refractivity contribution in [2.24, 2.45) is 16.8 Å². The molecule has 0 radical (unpaired) electrons. The van der Waals surface area contributed by atoms with Gasteiger partial charge in [-0.25, -0.2) is 0 Å². The lowest BCUT2D eigenvalue weighted by Gasteiger charge is -2.21. The summed E-state index contributed by atoms with van der Waals surface area (Å²) in [5, 5.41) is 6.80. The van der Waals surface area contributed by atoms with Crippen LogP contribution < -0.4 is 10.6 Å².